The van der Waals surface area contributed by atoms with Crippen molar-refractivity contribution in [1.82, 2.24) is 4.98 Å². The van der Waals surface area contributed by atoms with Crippen LogP contribution in [0.3, 0.4) is 0 Å². The van der Waals surface area contributed by atoms with Crippen LogP contribution in [0.2, 0.25) is 0 Å². The van der Waals surface area contributed by atoms with Gasteiger partial charge in [-0.1, -0.05) is 35.7 Å². The molecule has 4 heteroatoms. The Labute approximate surface area is 117 Å². The number of aromatic nitrogens is 1. The molecule has 0 saturated carbocycles. The van der Waals surface area contributed by atoms with E-state index in [1.807, 2.05) is 25.1 Å². The Morgan fingerprint density at radius 3 is 3.05 bits per heavy atom. The van der Waals surface area contributed by atoms with Crippen LogP contribution in [0.25, 0.3) is 0 Å². The van der Waals surface area contributed by atoms with E-state index in [1.165, 1.54) is 5.56 Å². The number of aliphatic hydroxyl groups is 1. The van der Waals surface area contributed by atoms with Gasteiger partial charge < -0.3 is 9.52 Å². The third-order valence-electron chi connectivity index (χ3n) is 2.36. The van der Waals surface area contributed by atoms with E-state index in [1.54, 1.807) is 18.0 Å². The van der Waals surface area contributed by atoms with Crippen LogP contribution in [-0.4, -0.2) is 16.7 Å². The van der Waals surface area contributed by atoms with Crippen molar-refractivity contribution in [3.8, 4) is 11.8 Å². The van der Waals surface area contributed by atoms with Gasteiger partial charge in [0.1, 0.15) is 6.26 Å². The normalized spacial score (nSPS) is 10.0. The minimum absolute atomic E-state index is 0.103. The van der Waals surface area contributed by atoms with Crippen molar-refractivity contribution in [2.24, 2.45) is 0 Å². The summed E-state index contributed by atoms with van der Waals surface area (Å²) in [5, 5.41) is 9.38. The topological polar surface area (TPSA) is 46.3 Å². The van der Waals surface area contributed by atoms with Gasteiger partial charge >= 0.3 is 0 Å². The minimum atomic E-state index is 0.103. The van der Waals surface area contributed by atoms with Crippen molar-refractivity contribution in [2.45, 2.75) is 24.3 Å². The maximum absolute atomic E-state index is 8.69. The number of hydrogen-bond acceptors (Lipinski definition) is 4. The molecular weight excluding hydrogens is 258 g/mol. The monoisotopic (exact) mass is 273 g/mol. The molecule has 1 heterocycles. The lowest BCUT2D eigenvalue weighted by molar-refractivity contribution is 0.305. The summed E-state index contributed by atoms with van der Waals surface area (Å²) >= 11 is 1.57. The fourth-order valence-corrected chi connectivity index (χ4v) is 2.30. The Hall–Kier alpha value is -1.70. The number of oxazole rings is 1. The van der Waals surface area contributed by atoms with Crippen LogP contribution >= 0.6 is 11.8 Å². The molecule has 0 bridgehead atoms. The van der Waals surface area contributed by atoms with Gasteiger partial charge in [-0.05, 0) is 24.6 Å². The van der Waals surface area contributed by atoms with Gasteiger partial charge in [-0.15, -0.1) is 0 Å². The maximum atomic E-state index is 8.69. The molecule has 98 valence electrons. The van der Waals surface area contributed by atoms with E-state index in [0.717, 1.165) is 17.0 Å². The molecule has 1 N–H and O–H groups in total. The van der Waals surface area contributed by atoms with Crippen molar-refractivity contribution in [1.29, 1.82) is 0 Å². The van der Waals surface area contributed by atoms with Crippen LogP contribution in [0.15, 0.2) is 40.2 Å². The highest BCUT2D eigenvalue weighted by Gasteiger charge is 2.02. The van der Waals surface area contributed by atoms with E-state index in [2.05, 4.69) is 22.9 Å². The zero-order chi connectivity index (χ0) is 13.5. The van der Waals surface area contributed by atoms with Crippen LogP contribution in [0.1, 0.15) is 23.2 Å². The summed E-state index contributed by atoms with van der Waals surface area (Å²) in [6.07, 6.45) is 2.16. The number of thioether (sulfide) groups is 1. The first-order valence-electron chi connectivity index (χ1n) is 6.01. The Kier molecular flexibility index (Phi) is 5.08. The van der Waals surface area contributed by atoms with Crippen LogP contribution in [-0.2, 0) is 5.75 Å². The van der Waals surface area contributed by atoms with Gasteiger partial charge in [0, 0.05) is 17.7 Å². The van der Waals surface area contributed by atoms with E-state index >= 15 is 0 Å². The summed E-state index contributed by atoms with van der Waals surface area (Å²) in [5.74, 6) is 6.75. The second-order valence-electron chi connectivity index (χ2n) is 4.02. The molecule has 0 fully saturated rings. The van der Waals surface area contributed by atoms with Crippen LogP contribution < -0.4 is 0 Å². The smallest absolute Gasteiger partial charge is 0.256 e. The molecule has 1 aromatic carbocycles. The summed E-state index contributed by atoms with van der Waals surface area (Å²) in [5.41, 5.74) is 3.04. The van der Waals surface area contributed by atoms with Gasteiger partial charge in [0.2, 0.25) is 0 Å². The second kappa shape index (κ2) is 7.03. The number of aliphatic hydroxyl groups excluding tert-OH is 1. The molecule has 0 amide bonds. The lowest BCUT2D eigenvalue weighted by atomic mass is 10.1. The van der Waals surface area contributed by atoms with Crippen LogP contribution in [0, 0.1) is 18.8 Å². The third-order valence-corrected chi connectivity index (χ3v) is 3.27. The van der Waals surface area contributed by atoms with Crippen LogP contribution in [0.5, 0.6) is 0 Å². The van der Waals surface area contributed by atoms with Crippen molar-refractivity contribution in [3.05, 3.63) is 47.3 Å². The number of aryl methyl sites for hydroxylation is 1. The quantitative estimate of drug-likeness (QED) is 0.687. The zero-order valence-corrected chi connectivity index (χ0v) is 11.5. The zero-order valence-electron chi connectivity index (χ0n) is 10.7. The lowest BCUT2D eigenvalue weighted by Crippen LogP contribution is -1.84. The van der Waals surface area contributed by atoms with Gasteiger partial charge in [0.25, 0.3) is 5.22 Å². The van der Waals surface area contributed by atoms with Gasteiger partial charge in [-0.25, -0.2) is 4.98 Å². The average molecular weight is 273 g/mol. The molecule has 0 saturated heterocycles. The highest BCUT2D eigenvalue weighted by molar-refractivity contribution is 7.98. The Balaban J connectivity index is 1.97. The molecule has 0 radical (unpaired) electrons. The first-order valence-corrected chi connectivity index (χ1v) is 7.00. The third kappa shape index (κ3) is 4.47. The minimum Gasteiger partial charge on any atom is -0.440 e. The molecule has 19 heavy (non-hydrogen) atoms. The highest BCUT2D eigenvalue weighted by atomic mass is 32.2. The summed E-state index contributed by atoms with van der Waals surface area (Å²) in [4.78, 5) is 4.25. The highest BCUT2D eigenvalue weighted by Crippen LogP contribution is 2.22. The average Bonchev–Trinajstić information content (AvgIpc) is 2.83. The Morgan fingerprint density at radius 1 is 1.42 bits per heavy atom. The van der Waals surface area contributed by atoms with Gasteiger partial charge in [-0.3, -0.25) is 0 Å². The molecular formula is C15H15NO2S. The van der Waals surface area contributed by atoms with Crippen molar-refractivity contribution in [2.75, 3.05) is 6.61 Å². The van der Waals surface area contributed by atoms with Gasteiger partial charge in [-0.2, -0.15) is 0 Å². The maximum Gasteiger partial charge on any atom is 0.256 e. The Morgan fingerprint density at radius 2 is 2.32 bits per heavy atom. The fourth-order valence-electron chi connectivity index (χ4n) is 1.50. The summed E-state index contributed by atoms with van der Waals surface area (Å²) < 4.78 is 5.29. The van der Waals surface area contributed by atoms with Crippen molar-refractivity contribution >= 4 is 11.8 Å². The lowest BCUT2D eigenvalue weighted by Gasteiger charge is -1.99. The largest absolute Gasteiger partial charge is 0.440 e. The van der Waals surface area contributed by atoms with E-state index in [-0.39, 0.29) is 6.61 Å². The molecule has 0 aliphatic rings. The second-order valence-corrected chi connectivity index (χ2v) is 4.95. The molecule has 0 atom stereocenters. The summed E-state index contributed by atoms with van der Waals surface area (Å²) in [6, 6.07) is 8.06. The predicted molar refractivity (Wildman–Crippen MR) is 75.8 cm³/mol. The van der Waals surface area contributed by atoms with Gasteiger partial charge in [0.05, 0.1) is 12.3 Å². The number of benzene rings is 1. The van der Waals surface area contributed by atoms with Gasteiger partial charge in [0.15, 0.2) is 0 Å². The van der Waals surface area contributed by atoms with E-state index in [9.17, 15) is 0 Å². The van der Waals surface area contributed by atoms with Crippen molar-refractivity contribution < 1.29 is 9.52 Å². The molecule has 2 rings (SSSR count). The van der Waals surface area contributed by atoms with E-state index in [0.29, 0.717) is 11.6 Å². The van der Waals surface area contributed by atoms with Crippen molar-refractivity contribution in [3.63, 3.8) is 0 Å². The summed E-state index contributed by atoms with van der Waals surface area (Å²) in [6.45, 7) is 2.01. The molecule has 0 unspecified atom stereocenters. The molecule has 0 aliphatic carbocycles. The number of nitrogens with zero attached hydrogens (tertiary/aromatic N) is 1. The molecule has 0 spiro atoms. The fraction of sp³-hybridized carbons (Fsp3) is 0.267. The standard InChI is InChI=1S/C15H15NO2S/c1-12-10-18-15(16-12)19-11-14-7-4-6-13(9-14)5-2-3-8-17/h4,6-7,9-10,17H,3,8,11H2,1H3. The van der Waals surface area contributed by atoms with E-state index in [4.69, 9.17) is 9.52 Å². The number of rotatable bonds is 4. The predicted octanol–water partition coefficient (Wildman–Crippen LogP) is 3.01. The Bertz CT molecular complexity index is 595. The number of hydrogen-bond donors (Lipinski definition) is 1. The first-order chi connectivity index (χ1) is 9.28. The molecule has 2 aromatic rings. The van der Waals surface area contributed by atoms with E-state index < -0.39 is 0 Å². The van der Waals surface area contributed by atoms with Crippen LogP contribution in [0.4, 0.5) is 0 Å². The SMILES string of the molecule is Cc1coc(SCc2cccc(C#CCCO)c2)n1. The molecule has 1 aromatic heterocycles. The first kappa shape index (κ1) is 13.7. The molecule has 3 nitrogen and oxygen atoms in total. The molecule has 0 aliphatic heterocycles. The summed E-state index contributed by atoms with van der Waals surface area (Å²) in [7, 11) is 0.